The first-order chi connectivity index (χ1) is 9.01. The maximum atomic E-state index is 12.1. The molecule has 1 amide bonds. The Labute approximate surface area is 115 Å². The third-order valence-corrected chi connectivity index (χ3v) is 3.52. The molecule has 4 heteroatoms. The number of nitrogens with two attached hydrogens (primary N) is 1. The van der Waals surface area contributed by atoms with Crippen LogP contribution in [0.5, 0.6) is 0 Å². The molecule has 1 saturated heterocycles. The summed E-state index contributed by atoms with van der Waals surface area (Å²) in [6.45, 7) is 7.56. The topological polar surface area (TPSA) is 58.4 Å². The van der Waals surface area contributed by atoms with E-state index in [4.69, 9.17) is 5.73 Å². The molecule has 0 radical (unpaired) electrons. The van der Waals surface area contributed by atoms with Crippen molar-refractivity contribution in [3.8, 4) is 0 Å². The first-order valence-electron chi connectivity index (χ1n) is 6.86. The van der Waals surface area contributed by atoms with E-state index in [1.807, 2.05) is 6.92 Å². The van der Waals surface area contributed by atoms with Gasteiger partial charge in [0.2, 0.25) is 5.91 Å². The molecule has 1 fully saturated rings. The molecular formula is C15H23N3O. The van der Waals surface area contributed by atoms with Crippen LogP contribution in [0.15, 0.2) is 18.2 Å². The SMILES string of the molecule is Cc1cc(C)cc(N2CC(C)NC(=O)C2CCN)c1. The van der Waals surface area contributed by atoms with Gasteiger partial charge in [0.1, 0.15) is 6.04 Å². The number of carbonyl (C=O) groups is 1. The summed E-state index contributed by atoms with van der Waals surface area (Å²) in [5.41, 5.74) is 9.22. The Morgan fingerprint density at radius 3 is 2.53 bits per heavy atom. The lowest BCUT2D eigenvalue weighted by Gasteiger charge is -2.40. The van der Waals surface area contributed by atoms with Gasteiger partial charge in [-0.05, 0) is 57.0 Å². The normalized spacial score (nSPS) is 23.4. The van der Waals surface area contributed by atoms with Crippen LogP contribution in [0.4, 0.5) is 5.69 Å². The summed E-state index contributed by atoms with van der Waals surface area (Å²) in [5.74, 6) is 0.0864. The molecule has 0 aromatic heterocycles. The molecule has 1 aromatic carbocycles. The van der Waals surface area contributed by atoms with E-state index in [2.05, 4.69) is 42.3 Å². The molecule has 1 aliphatic rings. The predicted molar refractivity (Wildman–Crippen MR) is 78.3 cm³/mol. The van der Waals surface area contributed by atoms with Gasteiger partial charge in [-0.15, -0.1) is 0 Å². The minimum Gasteiger partial charge on any atom is -0.357 e. The van der Waals surface area contributed by atoms with Crippen molar-refractivity contribution in [2.45, 2.75) is 39.3 Å². The molecule has 1 aromatic rings. The van der Waals surface area contributed by atoms with Gasteiger partial charge in [0.05, 0.1) is 0 Å². The van der Waals surface area contributed by atoms with Crippen molar-refractivity contribution in [3.05, 3.63) is 29.3 Å². The summed E-state index contributed by atoms with van der Waals surface area (Å²) in [6.07, 6.45) is 0.686. The Kier molecular flexibility index (Phi) is 4.10. The molecular weight excluding hydrogens is 238 g/mol. The average Bonchev–Trinajstić information content (AvgIpc) is 2.31. The molecule has 1 heterocycles. The third-order valence-electron chi connectivity index (χ3n) is 3.52. The first kappa shape index (κ1) is 13.9. The highest BCUT2D eigenvalue weighted by molar-refractivity contribution is 5.87. The van der Waals surface area contributed by atoms with E-state index in [-0.39, 0.29) is 18.0 Å². The highest BCUT2D eigenvalue weighted by Crippen LogP contribution is 2.24. The van der Waals surface area contributed by atoms with Crippen molar-refractivity contribution in [1.29, 1.82) is 0 Å². The summed E-state index contributed by atoms with van der Waals surface area (Å²) in [6, 6.07) is 6.45. The number of nitrogens with zero attached hydrogens (tertiary/aromatic N) is 1. The Bertz CT molecular complexity index is 452. The van der Waals surface area contributed by atoms with Crippen molar-refractivity contribution in [1.82, 2.24) is 5.32 Å². The molecule has 19 heavy (non-hydrogen) atoms. The van der Waals surface area contributed by atoms with E-state index >= 15 is 0 Å². The van der Waals surface area contributed by atoms with Crippen LogP contribution in [0, 0.1) is 13.8 Å². The predicted octanol–water partition coefficient (Wildman–Crippen LogP) is 1.35. The van der Waals surface area contributed by atoms with E-state index in [9.17, 15) is 4.79 Å². The van der Waals surface area contributed by atoms with E-state index < -0.39 is 0 Å². The minimum absolute atomic E-state index is 0.0864. The van der Waals surface area contributed by atoms with Crippen LogP contribution >= 0.6 is 0 Å². The number of nitrogens with one attached hydrogen (secondary N) is 1. The lowest BCUT2D eigenvalue weighted by Crippen LogP contribution is -2.59. The Morgan fingerprint density at radius 1 is 1.32 bits per heavy atom. The van der Waals surface area contributed by atoms with Gasteiger partial charge in [0, 0.05) is 18.3 Å². The maximum Gasteiger partial charge on any atom is 0.243 e. The van der Waals surface area contributed by atoms with E-state index in [0.717, 1.165) is 12.2 Å². The zero-order chi connectivity index (χ0) is 14.0. The first-order valence-corrected chi connectivity index (χ1v) is 6.86. The summed E-state index contributed by atoms with van der Waals surface area (Å²) < 4.78 is 0. The molecule has 0 bridgehead atoms. The number of piperazine rings is 1. The smallest absolute Gasteiger partial charge is 0.243 e. The highest BCUT2D eigenvalue weighted by atomic mass is 16.2. The van der Waals surface area contributed by atoms with Crippen LogP contribution in [-0.4, -0.2) is 31.1 Å². The third kappa shape index (κ3) is 3.07. The number of anilines is 1. The standard InChI is InChI=1S/C15H23N3O/c1-10-6-11(2)8-13(7-10)18-9-12(3)17-15(19)14(18)4-5-16/h6-8,12,14H,4-5,9,16H2,1-3H3,(H,17,19). The number of rotatable bonds is 3. The summed E-state index contributed by atoms with van der Waals surface area (Å²) in [5, 5.41) is 3.01. The minimum atomic E-state index is -0.151. The quantitative estimate of drug-likeness (QED) is 0.863. The lowest BCUT2D eigenvalue weighted by atomic mass is 10.0. The molecule has 2 atom stereocenters. The van der Waals surface area contributed by atoms with Crippen molar-refractivity contribution in [3.63, 3.8) is 0 Å². The van der Waals surface area contributed by atoms with Gasteiger partial charge in [-0.25, -0.2) is 0 Å². The zero-order valence-corrected chi connectivity index (χ0v) is 11.9. The number of hydrogen-bond acceptors (Lipinski definition) is 3. The summed E-state index contributed by atoms with van der Waals surface area (Å²) in [4.78, 5) is 14.3. The van der Waals surface area contributed by atoms with Gasteiger partial charge in [-0.2, -0.15) is 0 Å². The number of amides is 1. The molecule has 2 unspecified atom stereocenters. The van der Waals surface area contributed by atoms with Crippen LogP contribution in [-0.2, 0) is 4.79 Å². The van der Waals surface area contributed by atoms with Crippen LogP contribution in [0.1, 0.15) is 24.5 Å². The van der Waals surface area contributed by atoms with Gasteiger partial charge in [0.25, 0.3) is 0 Å². The second-order valence-electron chi connectivity index (χ2n) is 5.50. The number of aryl methyl sites for hydroxylation is 2. The fourth-order valence-corrected chi connectivity index (χ4v) is 2.80. The second kappa shape index (κ2) is 5.61. The fraction of sp³-hybridized carbons (Fsp3) is 0.533. The van der Waals surface area contributed by atoms with Crippen molar-refractivity contribution in [2.24, 2.45) is 5.73 Å². The molecule has 0 aliphatic carbocycles. The lowest BCUT2D eigenvalue weighted by molar-refractivity contribution is -0.124. The van der Waals surface area contributed by atoms with Gasteiger partial charge in [0.15, 0.2) is 0 Å². The molecule has 2 rings (SSSR count). The van der Waals surface area contributed by atoms with Crippen LogP contribution in [0.25, 0.3) is 0 Å². The number of benzene rings is 1. The number of carbonyl (C=O) groups excluding carboxylic acids is 1. The summed E-state index contributed by atoms with van der Waals surface area (Å²) >= 11 is 0. The van der Waals surface area contributed by atoms with Gasteiger partial charge in [-0.1, -0.05) is 6.07 Å². The van der Waals surface area contributed by atoms with Crippen molar-refractivity contribution >= 4 is 11.6 Å². The molecule has 0 saturated carbocycles. The summed E-state index contributed by atoms with van der Waals surface area (Å²) in [7, 11) is 0. The molecule has 3 N–H and O–H groups in total. The monoisotopic (exact) mass is 261 g/mol. The van der Waals surface area contributed by atoms with Gasteiger partial charge < -0.3 is 16.0 Å². The average molecular weight is 261 g/mol. The molecule has 104 valence electrons. The maximum absolute atomic E-state index is 12.1. The van der Waals surface area contributed by atoms with E-state index in [0.29, 0.717) is 13.0 Å². The molecule has 0 spiro atoms. The second-order valence-corrected chi connectivity index (χ2v) is 5.50. The largest absolute Gasteiger partial charge is 0.357 e. The van der Waals surface area contributed by atoms with Crippen LogP contribution in [0.2, 0.25) is 0 Å². The van der Waals surface area contributed by atoms with Crippen molar-refractivity contribution < 1.29 is 4.79 Å². The van der Waals surface area contributed by atoms with Crippen LogP contribution < -0.4 is 16.0 Å². The van der Waals surface area contributed by atoms with Crippen molar-refractivity contribution in [2.75, 3.05) is 18.0 Å². The van der Waals surface area contributed by atoms with Crippen LogP contribution in [0.3, 0.4) is 0 Å². The molecule has 4 nitrogen and oxygen atoms in total. The fourth-order valence-electron chi connectivity index (χ4n) is 2.80. The van der Waals surface area contributed by atoms with E-state index in [1.165, 1.54) is 11.1 Å². The zero-order valence-electron chi connectivity index (χ0n) is 11.9. The molecule has 1 aliphatic heterocycles. The highest BCUT2D eigenvalue weighted by Gasteiger charge is 2.32. The number of hydrogen-bond donors (Lipinski definition) is 2. The van der Waals surface area contributed by atoms with Gasteiger partial charge >= 0.3 is 0 Å². The Balaban J connectivity index is 2.34. The van der Waals surface area contributed by atoms with Gasteiger partial charge in [-0.3, -0.25) is 4.79 Å². The Morgan fingerprint density at radius 2 is 1.95 bits per heavy atom. The van der Waals surface area contributed by atoms with E-state index in [1.54, 1.807) is 0 Å². The Hall–Kier alpha value is -1.55.